The van der Waals surface area contributed by atoms with E-state index in [1.165, 1.54) is 0 Å². The summed E-state index contributed by atoms with van der Waals surface area (Å²) in [5.74, 6) is 6.79. The zero-order valence-corrected chi connectivity index (χ0v) is 11.2. The van der Waals surface area contributed by atoms with Crippen molar-refractivity contribution in [3.05, 3.63) is 34.3 Å². The fourth-order valence-electron chi connectivity index (χ4n) is 1.41. The zero-order chi connectivity index (χ0) is 13.1. The summed E-state index contributed by atoms with van der Waals surface area (Å²) in [6.45, 7) is 1.94. The van der Waals surface area contributed by atoms with E-state index in [-0.39, 0.29) is 5.95 Å². The van der Waals surface area contributed by atoms with Gasteiger partial charge in [-0.2, -0.15) is 9.97 Å². The number of hydrazine groups is 1. The Morgan fingerprint density at radius 2 is 2.06 bits per heavy atom. The Morgan fingerprint density at radius 1 is 1.28 bits per heavy atom. The third kappa shape index (κ3) is 2.88. The van der Waals surface area contributed by atoms with Gasteiger partial charge in [0.25, 0.3) is 0 Å². The zero-order valence-electron chi connectivity index (χ0n) is 9.64. The lowest BCUT2D eigenvalue weighted by Gasteiger charge is -2.09. The fraction of sp³-hybridized carbons (Fsp3) is 0.0909. The van der Waals surface area contributed by atoms with Crippen LogP contribution in [0.4, 0.5) is 11.8 Å². The molecule has 0 unspecified atom stereocenters. The molecule has 0 aliphatic heterocycles. The molecule has 2 rings (SSSR count). The molecule has 0 radical (unpaired) electrons. The Hall–Kier alpha value is -1.86. The van der Waals surface area contributed by atoms with Crippen LogP contribution < -0.4 is 21.7 Å². The van der Waals surface area contributed by atoms with Gasteiger partial charge in [0.2, 0.25) is 11.8 Å². The number of aromatic nitrogens is 2. The number of anilines is 2. The highest BCUT2D eigenvalue weighted by Gasteiger charge is 2.06. The summed E-state index contributed by atoms with van der Waals surface area (Å²) in [5.41, 5.74) is 8.92. The first-order valence-corrected chi connectivity index (χ1v) is 5.93. The fourth-order valence-corrected chi connectivity index (χ4v) is 1.88. The van der Waals surface area contributed by atoms with Crippen LogP contribution in [0, 0.1) is 6.92 Å². The maximum absolute atomic E-state index is 5.64. The predicted octanol–water partition coefficient (Wildman–Crippen LogP) is 2.21. The van der Waals surface area contributed by atoms with Crippen LogP contribution in [-0.2, 0) is 0 Å². The van der Waals surface area contributed by atoms with Gasteiger partial charge >= 0.3 is 0 Å². The molecule has 0 fully saturated rings. The summed E-state index contributed by atoms with van der Waals surface area (Å²) in [4.78, 5) is 7.85. The molecule has 0 aliphatic carbocycles. The van der Waals surface area contributed by atoms with Crippen LogP contribution in [0.25, 0.3) is 0 Å². The molecule has 0 amide bonds. The van der Waals surface area contributed by atoms with Gasteiger partial charge in [0.1, 0.15) is 11.6 Å². The number of aryl methyl sites for hydroxylation is 1. The van der Waals surface area contributed by atoms with E-state index in [0.717, 1.165) is 10.0 Å². The number of nitrogens with zero attached hydrogens (tertiary/aromatic N) is 2. The van der Waals surface area contributed by atoms with Gasteiger partial charge in [0.15, 0.2) is 0 Å². The normalized spacial score (nSPS) is 10.2. The van der Waals surface area contributed by atoms with Crippen molar-refractivity contribution in [1.29, 1.82) is 0 Å². The van der Waals surface area contributed by atoms with Gasteiger partial charge in [-0.3, -0.25) is 0 Å². The molecule has 0 saturated carbocycles. The van der Waals surface area contributed by atoms with Crippen LogP contribution in [0.1, 0.15) is 5.56 Å². The second-order valence-electron chi connectivity index (χ2n) is 3.61. The van der Waals surface area contributed by atoms with Crippen molar-refractivity contribution in [2.45, 2.75) is 6.92 Å². The molecule has 0 saturated heterocycles. The minimum absolute atomic E-state index is 0.0928. The summed E-state index contributed by atoms with van der Waals surface area (Å²) in [5, 5.41) is 0. The lowest BCUT2D eigenvalue weighted by molar-refractivity contribution is 0.459. The van der Waals surface area contributed by atoms with Crippen LogP contribution in [0.5, 0.6) is 11.6 Å². The first-order chi connectivity index (χ1) is 8.58. The molecular weight excluding hydrogens is 298 g/mol. The Balaban J connectivity index is 2.30. The predicted molar refractivity (Wildman–Crippen MR) is 73.2 cm³/mol. The van der Waals surface area contributed by atoms with Crippen molar-refractivity contribution in [1.82, 2.24) is 9.97 Å². The smallest absolute Gasteiger partial charge is 0.226 e. The lowest BCUT2D eigenvalue weighted by Crippen LogP contribution is -2.10. The maximum Gasteiger partial charge on any atom is 0.226 e. The molecule has 7 heteroatoms. The Labute approximate surface area is 112 Å². The number of nitrogens with one attached hydrogen (secondary N) is 1. The van der Waals surface area contributed by atoms with E-state index in [1.807, 2.05) is 25.1 Å². The summed E-state index contributed by atoms with van der Waals surface area (Å²) in [7, 11) is 0. The van der Waals surface area contributed by atoms with Gasteiger partial charge < -0.3 is 15.9 Å². The van der Waals surface area contributed by atoms with Crippen LogP contribution in [0.15, 0.2) is 28.7 Å². The van der Waals surface area contributed by atoms with Crippen molar-refractivity contribution in [2.75, 3.05) is 11.2 Å². The second kappa shape index (κ2) is 5.19. The largest absolute Gasteiger partial charge is 0.438 e. The number of rotatable bonds is 3. The third-order valence-electron chi connectivity index (χ3n) is 2.22. The van der Waals surface area contributed by atoms with E-state index < -0.39 is 0 Å². The summed E-state index contributed by atoms with van der Waals surface area (Å²) >= 11 is 3.39. The van der Waals surface area contributed by atoms with Crippen molar-refractivity contribution in [2.24, 2.45) is 5.84 Å². The number of hydrogen-bond acceptors (Lipinski definition) is 6. The molecule has 0 aliphatic rings. The SMILES string of the molecule is Cc1cc(Br)ccc1Oc1cc(NN)nc(N)n1. The molecule has 0 atom stereocenters. The van der Waals surface area contributed by atoms with Crippen molar-refractivity contribution in [3.63, 3.8) is 0 Å². The minimum Gasteiger partial charge on any atom is -0.438 e. The van der Waals surface area contributed by atoms with Crippen LogP contribution in [-0.4, -0.2) is 9.97 Å². The first-order valence-electron chi connectivity index (χ1n) is 5.13. The average Bonchev–Trinajstić information content (AvgIpc) is 2.32. The van der Waals surface area contributed by atoms with Crippen LogP contribution in [0.2, 0.25) is 0 Å². The standard InChI is InChI=1S/C11H12BrN5O/c1-6-4-7(12)2-3-8(6)18-10-5-9(17-14)15-11(13)16-10/h2-5H,14H2,1H3,(H3,13,15,16,17). The minimum atomic E-state index is 0.0928. The highest BCUT2D eigenvalue weighted by Crippen LogP contribution is 2.27. The Kier molecular flexibility index (Phi) is 3.63. The lowest BCUT2D eigenvalue weighted by atomic mass is 10.2. The quantitative estimate of drug-likeness (QED) is 0.594. The van der Waals surface area contributed by atoms with Gasteiger partial charge in [0.05, 0.1) is 0 Å². The number of nitrogens with two attached hydrogens (primary N) is 2. The van der Waals surface area contributed by atoms with Crippen molar-refractivity contribution in [3.8, 4) is 11.6 Å². The molecule has 2 aromatic rings. The maximum atomic E-state index is 5.64. The molecular formula is C11H12BrN5O. The van der Waals surface area contributed by atoms with Crippen molar-refractivity contribution < 1.29 is 4.74 Å². The summed E-state index contributed by atoms with van der Waals surface area (Å²) in [6, 6.07) is 7.24. The number of hydrogen-bond donors (Lipinski definition) is 3. The molecule has 0 bridgehead atoms. The molecule has 1 aromatic heterocycles. The van der Waals surface area contributed by atoms with Gasteiger partial charge in [-0.1, -0.05) is 15.9 Å². The van der Waals surface area contributed by atoms with E-state index in [2.05, 4.69) is 31.3 Å². The highest BCUT2D eigenvalue weighted by atomic mass is 79.9. The monoisotopic (exact) mass is 309 g/mol. The van der Waals surface area contributed by atoms with E-state index in [9.17, 15) is 0 Å². The highest BCUT2D eigenvalue weighted by molar-refractivity contribution is 9.10. The molecule has 6 nitrogen and oxygen atoms in total. The van der Waals surface area contributed by atoms with E-state index in [0.29, 0.717) is 17.4 Å². The van der Waals surface area contributed by atoms with Crippen molar-refractivity contribution >= 4 is 27.7 Å². The third-order valence-corrected chi connectivity index (χ3v) is 2.71. The van der Waals surface area contributed by atoms with Crippen LogP contribution >= 0.6 is 15.9 Å². The molecule has 18 heavy (non-hydrogen) atoms. The van der Waals surface area contributed by atoms with Gasteiger partial charge in [-0.15, -0.1) is 0 Å². The number of benzene rings is 1. The van der Waals surface area contributed by atoms with E-state index >= 15 is 0 Å². The van der Waals surface area contributed by atoms with Gasteiger partial charge in [-0.25, -0.2) is 5.84 Å². The van der Waals surface area contributed by atoms with E-state index in [4.69, 9.17) is 16.3 Å². The first kappa shape index (κ1) is 12.6. The van der Waals surface area contributed by atoms with Crippen LogP contribution in [0.3, 0.4) is 0 Å². The molecule has 1 heterocycles. The number of halogens is 1. The second-order valence-corrected chi connectivity index (χ2v) is 4.52. The van der Waals surface area contributed by atoms with E-state index in [1.54, 1.807) is 6.07 Å². The summed E-state index contributed by atoms with van der Waals surface area (Å²) < 4.78 is 6.63. The molecule has 1 aromatic carbocycles. The molecule has 0 spiro atoms. The Bertz CT molecular complexity index is 575. The topological polar surface area (TPSA) is 99.1 Å². The summed E-state index contributed by atoms with van der Waals surface area (Å²) in [6.07, 6.45) is 0. The van der Waals surface area contributed by atoms with Gasteiger partial charge in [-0.05, 0) is 30.7 Å². The van der Waals surface area contributed by atoms with Gasteiger partial charge in [0, 0.05) is 10.5 Å². The Morgan fingerprint density at radius 3 is 2.72 bits per heavy atom. The number of nitrogen functional groups attached to an aromatic ring is 2. The average molecular weight is 310 g/mol. The molecule has 94 valence electrons. The molecule has 5 N–H and O–H groups in total. The number of ether oxygens (including phenoxy) is 1.